The second-order valence-electron chi connectivity index (χ2n) is 10.2. The van der Waals surface area contributed by atoms with Gasteiger partial charge in [0.25, 0.3) is 0 Å². The van der Waals surface area contributed by atoms with Crippen LogP contribution in [0.1, 0.15) is 63.9 Å². The molecular formula is C25H30N2O2. The van der Waals surface area contributed by atoms with Crippen LogP contribution in [-0.4, -0.2) is 28.0 Å². The van der Waals surface area contributed by atoms with E-state index >= 15 is 0 Å². The van der Waals surface area contributed by atoms with Crippen LogP contribution < -0.4 is 5.32 Å². The Morgan fingerprint density at radius 1 is 1.28 bits per heavy atom. The molecule has 2 unspecified atom stereocenters. The van der Waals surface area contributed by atoms with Gasteiger partial charge in [-0.2, -0.15) is 0 Å². The van der Waals surface area contributed by atoms with Crippen molar-refractivity contribution in [2.45, 2.75) is 82.1 Å². The number of ether oxygens (including phenoxy) is 1. The minimum Gasteiger partial charge on any atom is -0.359 e. The van der Waals surface area contributed by atoms with Gasteiger partial charge < -0.3 is 10.1 Å². The van der Waals surface area contributed by atoms with Crippen molar-refractivity contribution in [2.24, 2.45) is 11.3 Å². The predicted octanol–water partition coefficient (Wildman–Crippen LogP) is 4.27. The molecule has 0 aromatic carbocycles. The quantitative estimate of drug-likeness (QED) is 0.838. The van der Waals surface area contributed by atoms with E-state index in [9.17, 15) is 4.79 Å². The monoisotopic (exact) mass is 390 g/mol. The zero-order valence-corrected chi connectivity index (χ0v) is 17.2. The van der Waals surface area contributed by atoms with E-state index < -0.39 is 0 Å². The van der Waals surface area contributed by atoms with Crippen molar-refractivity contribution >= 4 is 5.78 Å². The summed E-state index contributed by atoms with van der Waals surface area (Å²) in [5.41, 5.74) is 3.80. The third-order valence-corrected chi connectivity index (χ3v) is 8.77. The van der Waals surface area contributed by atoms with Crippen LogP contribution in [0.5, 0.6) is 0 Å². The Hall–Kier alpha value is -1.78. The van der Waals surface area contributed by atoms with Crippen molar-refractivity contribution in [3.63, 3.8) is 0 Å². The van der Waals surface area contributed by atoms with E-state index in [1.165, 1.54) is 29.6 Å². The van der Waals surface area contributed by atoms with E-state index in [2.05, 4.69) is 35.4 Å². The molecular weight excluding hydrogens is 360 g/mol. The number of carbonyl (C=O) groups excluding carboxylic acids is 1. The smallest absolute Gasteiger partial charge is 0.136 e. The standard InChI is InChI=1S/C25H30N2O2/c1-23-9-8-19-13-18-4-5-20(28)14-24(18)10-11-25(19,29-24)21(23)6-7-22(23)27-16-17-3-2-12-26-15-17/h2-3,8,12-13,15,21-22,27H,4-7,9-11,14,16H2,1H3/t21-,22?,23?,24-,25-/m1/s1. The number of hydrogen-bond donors (Lipinski definition) is 1. The number of ketones is 1. The number of hydrogen-bond acceptors (Lipinski definition) is 4. The molecule has 0 radical (unpaired) electrons. The van der Waals surface area contributed by atoms with E-state index in [-0.39, 0.29) is 16.6 Å². The highest BCUT2D eigenvalue weighted by molar-refractivity contribution is 5.82. The molecule has 4 nitrogen and oxygen atoms in total. The summed E-state index contributed by atoms with van der Waals surface area (Å²) in [5.74, 6) is 0.906. The van der Waals surface area contributed by atoms with Crippen molar-refractivity contribution in [1.82, 2.24) is 10.3 Å². The molecule has 3 aliphatic carbocycles. The molecule has 2 saturated carbocycles. The highest BCUT2D eigenvalue weighted by Gasteiger charge is 2.66. The SMILES string of the molecule is CC12CC=C3C=C4CCC(=O)C[C@]45CC[C@]3(O5)[C@@H]1CCC2NCc1cccnc1. The van der Waals surface area contributed by atoms with Crippen LogP contribution in [0.15, 0.2) is 47.8 Å². The maximum Gasteiger partial charge on any atom is 0.136 e. The number of nitrogens with one attached hydrogen (secondary N) is 1. The molecule has 5 aliphatic rings. The molecule has 3 fully saturated rings. The molecule has 2 bridgehead atoms. The lowest BCUT2D eigenvalue weighted by molar-refractivity contribution is -0.147. The normalized spacial score (nSPS) is 42.6. The number of aromatic nitrogens is 1. The molecule has 4 heteroatoms. The summed E-state index contributed by atoms with van der Waals surface area (Å²) in [7, 11) is 0. The summed E-state index contributed by atoms with van der Waals surface area (Å²) in [4.78, 5) is 16.5. The fourth-order valence-electron chi connectivity index (χ4n) is 7.30. The maximum absolute atomic E-state index is 12.3. The average Bonchev–Trinajstić information content (AvgIpc) is 3.22. The number of rotatable bonds is 3. The summed E-state index contributed by atoms with van der Waals surface area (Å²) >= 11 is 0. The fourth-order valence-corrected chi connectivity index (χ4v) is 7.30. The Morgan fingerprint density at radius 2 is 2.21 bits per heavy atom. The Balaban J connectivity index is 1.31. The van der Waals surface area contributed by atoms with Gasteiger partial charge in [0.2, 0.25) is 0 Å². The summed E-state index contributed by atoms with van der Waals surface area (Å²) in [6.45, 7) is 3.33. The highest BCUT2D eigenvalue weighted by atomic mass is 16.5. The van der Waals surface area contributed by atoms with Gasteiger partial charge in [0, 0.05) is 37.8 Å². The molecule has 5 atom stereocenters. The number of carbonyl (C=O) groups is 1. The molecule has 152 valence electrons. The van der Waals surface area contributed by atoms with Gasteiger partial charge in [0.05, 0.1) is 11.2 Å². The van der Waals surface area contributed by atoms with Crippen LogP contribution in [-0.2, 0) is 16.1 Å². The van der Waals surface area contributed by atoms with Crippen molar-refractivity contribution in [1.29, 1.82) is 0 Å². The molecule has 2 aliphatic heterocycles. The first-order chi connectivity index (χ1) is 14.0. The van der Waals surface area contributed by atoms with Gasteiger partial charge >= 0.3 is 0 Å². The van der Waals surface area contributed by atoms with Gasteiger partial charge in [-0.25, -0.2) is 0 Å². The maximum atomic E-state index is 12.3. The van der Waals surface area contributed by atoms with Gasteiger partial charge in [-0.1, -0.05) is 25.1 Å². The van der Waals surface area contributed by atoms with Gasteiger partial charge in [-0.3, -0.25) is 9.78 Å². The number of pyridine rings is 1. The Kier molecular flexibility index (Phi) is 3.80. The molecule has 1 saturated heterocycles. The van der Waals surface area contributed by atoms with Crippen LogP contribution >= 0.6 is 0 Å². The zero-order valence-electron chi connectivity index (χ0n) is 17.2. The minimum absolute atomic E-state index is 0.168. The second-order valence-corrected chi connectivity index (χ2v) is 10.2. The summed E-state index contributed by atoms with van der Waals surface area (Å²) < 4.78 is 7.05. The lowest BCUT2D eigenvalue weighted by Gasteiger charge is -2.53. The number of allylic oxidation sites excluding steroid dienone is 1. The van der Waals surface area contributed by atoms with Crippen LogP contribution in [0, 0.1) is 11.3 Å². The van der Waals surface area contributed by atoms with E-state index in [0.29, 0.717) is 30.6 Å². The minimum atomic E-state index is -0.286. The average molecular weight is 391 g/mol. The largest absolute Gasteiger partial charge is 0.359 e. The van der Waals surface area contributed by atoms with Crippen LogP contribution in [0.25, 0.3) is 0 Å². The molecule has 0 amide bonds. The van der Waals surface area contributed by atoms with Gasteiger partial charge in [0.1, 0.15) is 5.78 Å². The van der Waals surface area contributed by atoms with Gasteiger partial charge in [-0.05, 0) is 72.6 Å². The molecule has 3 heterocycles. The Morgan fingerprint density at radius 3 is 3.07 bits per heavy atom. The Bertz CT molecular complexity index is 922. The number of fused-ring (bicyclic) bond motifs is 1. The van der Waals surface area contributed by atoms with Gasteiger partial charge in [0.15, 0.2) is 0 Å². The summed E-state index contributed by atoms with van der Waals surface area (Å²) in [5, 5.41) is 3.86. The second kappa shape index (κ2) is 6.12. The fraction of sp³-hybridized carbons (Fsp3) is 0.600. The topological polar surface area (TPSA) is 51.2 Å². The lowest BCUT2D eigenvalue weighted by Crippen LogP contribution is -2.56. The van der Waals surface area contributed by atoms with Crippen LogP contribution in [0.4, 0.5) is 0 Å². The lowest BCUT2D eigenvalue weighted by atomic mass is 9.60. The van der Waals surface area contributed by atoms with Crippen molar-refractivity contribution in [2.75, 3.05) is 0 Å². The van der Waals surface area contributed by atoms with Crippen molar-refractivity contribution in [3.8, 4) is 0 Å². The molecule has 2 spiro atoms. The molecule has 6 rings (SSSR count). The summed E-state index contributed by atoms with van der Waals surface area (Å²) in [6.07, 6.45) is 16.5. The number of Topliss-reactive ketones (excluding diaryl/α,β-unsaturated/α-hetero) is 1. The van der Waals surface area contributed by atoms with E-state index in [1.54, 1.807) is 0 Å². The van der Waals surface area contributed by atoms with E-state index in [4.69, 9.17) is 4.74 Å². The highest BCUT2D eigenvalue weighted by Crippen LogP contribution is 2.66. The van der Waals surface area contributed by atoms with Crippen LogP contribution in [0.3, 0.4) is 0 Å². The first kappa shape index (κ1) is 18.0. The molecule has 29 heavy (non-hydrogen) atoms. The first-order valence-corrected chi connectivity index (χ1v) is 11.3. The first-order valence-electron chi connectivity index (χ1n) is 11.3. The molecule has 1 aromatic rings. The predicted molar refractivity (Wildman–Crippen MR) is 111 cm³/mol. The van der Waals surface area contributed by atoms with Crippen molar-refractivity contribution < 1.29 is 9.53 Å². The Labute approximate surface area is 172 Å². The van der Waals surface area contributed by atoms with Gasteiger partial charge in [-0.15, -0.1) is 0 Å². The number of nitrogens with zero attached hydrogens (tertiary/aromatic N) is 1. The van der Waals surface area contributed by atoms with Crippen molar-refractivity contribution in [3.05, 3.63) is 53.4 Å². The summed E-state index contributed by atoms with van der Waals surface area (Å²) in [6, 6.07) is 4.64. The molecule has 1 aromatic heterocycles. The molecule has 1 N–H and O–H groups in total. The van der Waals surface area contributed by atoms with E-state index in [1.807, 2.05) is 18.5 Å². The third-order valence-electron chi connectivity index (χ3n) is 8.77. The van der Waals surface area contributed by atoms with E-state index in [0.717, 1.165) is 32.2 Å². The zero-order chi connectivity index (χ0) is 19.7. The third kappa shape index (κ3) is 2.45. The van der Waals surface area contributed by atoms with Crippen LogP contribution in [0.2, 0.25) is 0 Å².